The van der Waals surface area contributed by atoms with Gasteiger partial charge in [0.05, 0.1) is 19.6 Å². The van der Waals surface area contributed by atoms with Crippen molar-refractivity contribution < 1.29 is 23.8 Å². The number of aryl methyl sites for hydroxylation is 1. The van der Waals surface area contributed by atoms with E-state index in [-0.39, 0.29) is 24.9 Å². The minimum Gasteiger partial charge on any atom is -0.497 e. The highest BCUT2D eigenvalue weighted by molar-refractivity contribution is 5.94. The molecule has 0 spiro atoms. The van der Waals surface area contributed by atoms with Crippen molar-refractivity contribution in [2.24, 2.45) is 5.92 Å². The Morgan fingerprint density at radius 2 is 1.85 bits per heavy atom. The number of hydrogen-bond acceptors (Lipinski definition) is 5. The molecule has 176 valence electrons. The minimum absolute atomic E-state index is 0.0387. The van der Waals surface area contributed by atoms with Crippen LogP contribution >= 0.6 is 0 Å². The number of hydrogen-bond donors (Lipinski definition) is 2. The average Bonchev–Trinajstić information content (AvgIpc) is 3.12. The summed E-state index contributed by atoms with van der Waals surface area (Å²) in [7, 11) is 3.26. The highest BCUT2D eigenvalue weighted by Gasteiger charge is 2.22. The van der Waals surface area contributed by atoms with Crippen LogP contribution in [0.15, 0.2) is 46.9 Å². The number of rotatable bonds is 10. The molecular weight excluding hydrogens is 420 g/mol. The van der Waals surface area contributed by atoms with Gasteiger partial charge in [0.2, 0.25) is 0 Å². The van der Waals surface area contributed by atoms with Crippen molar-refractivity contribution in [3.63, 3.8) is 0 Å². The third-order valence-corrected chi connectivity index (χ3v) is 5.68. The van der Waals surface area contributed by atoms with Crippen LogP contribution in [0, 0.1) is 12.8 Å². The molecule has 2 N–H and O–H groups in total. The first-order valence-corrected chi connectivity index (χ1v) is 11.1. The smallest absolute Gasteiger partial charge is 0.305 e. The molecule has 0 bridgehead atoms. The number of methoxy groups -OCH3 is 1. The van der Waals surface area contributed by atoms with Gasteiger partial charge in [-0.05, 0) is 61.7 Å². The van der Waals surface area contributed by atoms with E-state index in [1.807, 2.05) is 30.3 Å². The zero-order valence-corrected chi connectivity index (χ0v) is 19.8. The number of anilines is 1. The van der Waals surface area contributed by atoms with Crippen LogP contribution in [0.2, 0.25) is 0 Å². The van der Waals surface area contributed by atoms with Gasteiger partial charge < -0.3 is 24.5 Å². The number of carboxylic acids is 1. The van der Waals surface area contributed by atoms with E-state index in [4.69, 9.17) is 14.3 Å². The molecule has 1 aromatic heterocycles. The summed E-state index contributed by atoms with van der Waals surface area (Å²) in [5.74, 6) is 0.988. The summed E-state index contributed by atoms with van der Waals surface area (Å²) in [6.07, 6.45) is 0.790. The number of fused-ring (bicyclic) bond motifs is 1. The number of aliphatic carboxylic acids is 1. The maximum atomic E-state index is 12.5. The first-order chi connectivity index (χ1) is 15.7. The molecule has 0 aliphatic heterocycles. The van der Waals surface area contributed by atoms with Gasteiger partial charge in [0.15, 0.2) is 0 Å². The zero-order valence-electron chi connectivity index (χ0n) is 19.8. The van der Waals surface area contributed by atoms with Crippen molar-refractivity contribution in [3.05, 3.63) is 59.4 Å². The second-order valence-electron chi connectivity index (χ2n) is 8.73. The van der Waals surface area contributed by atoms with Crippen LogP contribution in [0.25, 0.3) is 11.0 Å². The van der Waals surface area contributed by atoms with Crippen molar-refractivity contribution >= 4 is 28.5 Å². The fourth-order valence-electron chi connectivity index (χ4n) is 3.88. The largest absolute Gasteiger partial charge is 0.497 e. The van der Waals surface area contributed by atoms with Crippen molar-refractivity contribution in [2.75, 3.05) is 26.0 Å². The number of carbonyl (C=O) groups is 2. The number of carbonyl (C=O) groups excluding carboxylic acids is 1. The molecule has 0 aliphatic rings. The van der Waals surface area contributed by atoms with Crippen LogP contribution in [-0.2, 0) is 4.79 Å². The molecule has 0 radical (unpaired) electrons. The van der Waals surface area contributed by atoms with Gasteiger partial charge in [0.1, 0.15) is 17.1 Å². The third kappa shape index (κ3) is 5.86. The topological polar surface area (TPSA) is 92.0 Å². The first kappa shape index (κ1) is 24.2. The first-order valence-electron chi connectivity index (χ1n) is 11.1. The van der Waals surface area contributed by atoms with Crippen molar-refractivity contribution in [1.29, 1.82) is 0 Å². The molecule has 0 saturated heterocycles. The number of benzene rings is 2. The number of amides is 1. The van der Waals surface area contributed by atoms with Gasteiger partial charge in [0.25, 0.3) is 5.91 Å². The Morgan fingerprint density at radius 3 is 2.45 bits per heavy atom. The molecule has 0 saturated carbocycles. The summed E-state index contributed by atoms with van der Waals surface area (Å²) in [6, 6.07) is 13.0. The van der Waals surface area contributed by atoms with Crippen LogP contribution in [0.5, 0.6) is 5.75 Å². The lowest BCUT2D eigenvalue weighted by Gasteiger charge is -2.21. The van der Waals surface area contributed by atoms with Crippen LogP contribution in [0.4, 0.5) is 5.69 Å². The predicted octanol–water partition coefficient (Wildman–Crippen LogP) is 5.50. The Hall–Kier alpha value is -3.48. The molecule has 7 heteroatoms. The molecule has 7 nitrogen and oxygen atoms in total. The van der Waals surface area contributed by atoms with E-state index >= 15 is 0 Å². The van der Waals surface area contributed by atoms with Gasteiger partial charge >= 0.3 is 5.97 Å². The molecular formula is C26H32N2O5. The summed E-state index contributed by atoms with van der Waals surface area (Å²) in [5, 5.41) is 13.4. The molecule has 0 aliphatic carbocycles. The lowest BCUT2D eigenvalue weighted by atomic mass is 9.98. The van der Waals surface area contributed by atoms with E-state index in [1.165, 1.54) is 4.90 Å². The van der Waals surface area contributed by atoms with Gasteiger partial charge in [-0.25, -0.2) is 0 Å². The second-order valence-corrected chi connectivity index (χ2v) is 8.73. The SMILES string of the molecule is COc1ccc2oc(C(CC(C)C)Nc3ccc(C(=O)N(C)CCC(=O)O)cc3)c(C)c2c1. The van der Waals surface area contributed by atoms with Crippen LogP contribution in [0.3, 0.4) is 0 Å². The predicted molar refractivity (Wildman–Crippen MR) is 129 cm³/mol. The monoisotopic (exact) mass is 452 g/mol. The highest BCUT2D eigenvalue weighted by atomic mass is 16.5. The number of ether oxygens (including phenoxy) is 1. The van der Waals surface area contributed by atoms with E-state index in [0.717, 1.165) is 40.2 Å². The molecule has 1 atom stereocenters. The average molecular weight is 453 g/mol. The standard InChI is InChI=1S/C26H32N2O5/c1-16(2)14-22(25-17(3)21-15-20(32-5)10-11-23(21)33-25)27-19-8-6-18(7-9-19)26(31)28(4)13-12-24(29)30/h6-11,15-16,22,27H,12-14H2,1-5H3,(H,29,30). The summed E-state index contributed by atoms with van der Waals surface area (Å²) in [4.78, 5) is 24.7. The van der Waals surface area contributed by atoms with Crippen molar-refractivity contribution in [2.45, 2.75) is 39.7 Å². The third-order valence-electron chi connectivity index (χ3n) is 5.68. The molecule has 0 fully saturated rings. The van der Waals surface area contributed by atoms with Gasteiger partial charge in [-0.1, -0.05) is 13.8 Å². The number of carboxylic acid groups (broad SMARTS) is 1. The Balaban J connectivity index is 1.81. The quantitative estimate of drug-likeness (QED) is 0.422. The zero-order chi connectivity index (χ0) is 24.1. The summed E-state index contributed by atoms with van der Waals surface area (Å²) < 4.78 is 11.6. The van der Waals surface area contributed by atoms with E-state index in [2.05, 4.69) is 26.1 Å². The van der Waals surface area contributed by atoms with E-state index in [9.17, 15) is 9.59 Å². The molecule has 3 aromatic rings. The summed E-state index contributed by atoms with van der Waals surface area (Å²) in [5.41, 5.74) is 3.29. The number of nitrogens with zero attached hydrogens (tertiary/aromatic N) is 1. The van der Waals surface area contributed by atoms with Crippen LogP contribution < -0.4 is 10.1 Å². The fraction of sp³-hybridized carbons (Fsp3) is 0.385. The molecule has 2 aromatic carbocycles. The number of nitrogens with one attached hydrogen (secondary N) is 1. The van der Waals surface area contributed by atoms with Crippen molar-refractivity contribution in [3.8, 4) is 5.75 Å². The molecule has 1 heterocycles. The molecule has 33 heavy (non-hydrogen) atoms. The van der Waals surface area contributed by atoms with Crippen molar-refractivity contribution in [1.82, 2.24) is 4.90 Å². The van der Waals surface area contributed by atoms with Gasteiger partial charge in [-0.2, -0.15) is 0 Å². The Labute approximate surface area is 194 Å². The lowest BCUT2D eigenvalue weighted by Crippen LogP contribution is -2.29. The second kappa shape index (κ2) is 10.4. The van der Waals surface area contributed by atoms with Gasteiger partial charge in [-0.3, -0.25) is 9.59 Å². The maximum Gasteiger partial charge on any atom is 0.305 e. The van der Waals surface area contributed by atoms with Gasteiger partial charge in [0, 0.05) is 35.8 Å². The Bertz CT molecular complexity index is 1120. The van der Waals surface area contributed by atoms with E-state index in [0.29, 0.717) is 11.5 Å². The summed E-state index contributed by atoms with van der Waals surface area (Å²) >= 11 is 0. The Morgan fingerprint density at radius 1 is 1.15 bits per heavy atom. The van der Waals surface area contributed by atoms with E-state index in [1.54, 1.807) is 26.3 Å². The normalized spacial score (nSPS) is 12.1. The van der Waals surface area contributed by atoms with E-state index < -0.39 is 5.97 Å². The summed E-state index contributed by atoms with van der Waals surface area (Å²) in [6.45, 7) is 6.57. The van der Waals surface area contributed by atoms with Crippen LogP contribution in [-0.4, -0.2) is 42.6 Å². The lowest BCUT2D eigenvalue weighted by molar-refractivity contribution is -0.137. The Kier molecular flexibility index (Phi) is 7.63. The highest BCUT2D eigenvalue weighted by Crippen LogP contribution is 2.36. The fourth-order valence-corrected chi connectivity index (χ4v) is 3.88. The molecule has 1 amide bonds. The number of furan rings is 1. The minimum atomic E-state index is -0.926. The maximum absolute atomic E-state index is 12.5. The molecule has 3 rings (SSSR count). The van der Waals surface area contributed by atoms with Crippen LogP contribution in [0.1, 0.15) is 54.4 Å². The molecule has 1 unspecified atom stereocenters. The van der Waals surface area contributed by atoms with Gasteiger partial charge in [-0.15, -0.1) is 0 Å².